The summed E-state index contributed by atoms with van der Waals surface area (Å²) >= 11 is 2.89. The van der Waals surface area contributed by atoms with Gasteiger partial charge in [0.15, 0.2) is 5.13 Å². The summed E-state index contributed by atoms with van der Waals surface area (Å²) in [5.41, 5.74) is 1.75. The van der Waals surface area contributed by atoms with Crippen molar-refractivity contribution in [3.05, 3.63) is 58.3 Å². The number of halogens is 3. The zero-order valence-electron chi connectivity index (χ0n) is 13.2. The smallest absolute Gasteiger partial charge is 0.367 e. The Balaban J connectivity index is 1.56. The van der Waals surface area contributed by atoms with Crippen LogP contribution in [0.5, 0.6) is 0 Å². The molecule has 0 fully saturated rings. The van der Waals surface area contributed by atoms with Gasteiger partial charge in [-0.3, -0.25) is 10.1 Å². The largest absolute Gasteiger partial charge is 0.411 e. The van der Waals surface area contributed by atoms with Gasteiger partial charge in [-0.1, -0.05) is 18.2 Å². The lowest BCUT2D eigenvalue weighted by atomic mass is 10.1. The van der Waals surface area contributed by atoms with Crippen LogP contribution in [-0.4, -0.2) is 23.7 Å². The van der Waals surface area contributed by atoms with Crippen molar-refractivity contribution in [2.75, 3.05) is 11.9 Å². The van der Waals surface area contributed by atoms with Gasteiger partial charge in [-0.15, -0.1) is 22.7 Å². The molecule has 3 rings (SSSR count). The minimum Gasteiger partial charge on any atom is -0.367 e. The van der Waals surface area contributed by atoms with Crippen LogP contribution in [0.3, 0.4) is 0 Å². The Morgan fingerprint density at radius 1 is 1.15 bits per heavy atom. The number of anilines is 1. The number of carbonyl (C=O) groups is 1. The summed E-state index contributed by atoms with van der Waals surface area (Å²) in [7, 11) is 0. The van der Waals surface area contributed by atoms with Crippen molar-refractivity contribution < 1.29 is 22.7 Å². The molecule has 0 spiro atoms. The number of benzene rings is 1. The van der Waals surface area contributed by atoms with Crippen LogP contribution in [-0.2, 0) is 11.3 Å². The quantitative estimate of drug-likeness (QED) is 0.621. The van der Waals surface area contributed by atoms with E-state index in [4.69, 9.17) is 0 Å². The molecular weight excluding hydrogens is 385 g/mol. The van der Waals surface area contributed by atoms with Crippen molar-refractivity contribution in [3.63, 3.8) is 0 Å². The SMILES string of the molecule is O=C(Nc1nc(-c2cccs2)cs1)c1ccc(COCC(F)(F)F)cc1. The number of alkyl halides is 3. The molecule has 0 atom stereocenters. The molecule has 0 unspecified atom stereocenters. The van der Waals surface area contributed by atoms with E-state index >= 15 is 0 Å². The number of nitrogens with zero attached hydrogens (tertiary/aromatic N) is 1. The normalized spacial score (nSPS) is 11.5. The molecule has 0 aliphatic heterocycles. The van der Waals surface area contributed by atoms with Crippen LogP contribution < -0.4 is 5.32 Å². The van der Waals surface area contributed by atoms with Gasteiger partial charge >= 0.3 is 6.18 Å². The zero-order valence-corrected chi connectivity index (χ0v) is 14.9. The van der Waals surface area contributed by atoms with E-state index in [1.54, 1.807) is 23.5 Å². The first-order valence-corrected chi connectivity index (χ1v) is 9.21. The number of thiazole rings is 1. The number of amides is 1. The maximum absolute atomic E-state index is 12.2. The highest BCUT2D eigenvalue weighted by atomic mass is 32.1. The van der Waals surface area contributed by atoms with E-state index in [0.29, 0.717) is 16.3 Å². The second-order valence-corrected chi connectivity index (χ2v) is 7.08. The van der Waals surface area contributed by atoms with Gasteiger partial charge in [0, 0.05) is 10.9 Å². The molecule has 0 aliphatic carbocycles. The molecule has 0 saturated heterocycles. The van der Waals surface area contributed by atoms with E-state index in [0.717, 1.165) is 10.6 Å². The van der Waals surface area contributed by atoms with Crippen LogP contribution in [0.15, 0.2) is 47.2 Å². The summed E-state index contributed by atoms with van der Waals surface area (Å²) in [5.74, 6) is -0.333. The van der Waals surface area contributed by atoms with Crippen molar-refractivity contribution in [2.24, 2.45) is 0 Å². The van der Waals surface area contributed by atoms with Crippen LogP contribution in [0.1, 0.15) is 15.9 Å². The van der Waals surface area contributed by atoms with Gasteiger partial charge < -0.3 is 4.74 Å². The minimum atomic E-state index is -4.35. The highest BCUT2D eigenvalue weighted by Crippen LogP contribution is 2.28. The summed E-state index contributed by atoms with van der Waals surface area (Å²) < 4.78 is 40.7. The van der Waals surface area contributed by atoms with Crippen molar-refractivity contribution in [1.82, 2.24) is 4.98 Å². The van der Waals surface area contributed by atoms with Crippen LogP contribution in [0, 0.1) is 0 Å². The maximum atomic E-state index is 12.2. The molecule has 1 aromatic carbocycles. The Morgan fingerprint density at radius 2 is 1.92 bits per heavy atom. The number of thiophene rings is 1. The average Bonchev–Trinajstić information content (AvgIpc) is 3.25. The third-order valence-corrected chi connectivity index (χ3v) is 4.90. The van der Waals surface area contributed by atoms with Gasteiger partial charge in [-0.2, -0.15) is 13.2 Å². The first-order chi connectivity index (χ1) is 12.4. The molecule has 0 saturated carbocycles. The first kappa shape index (κ1) is 18.6. The lowest BCUT2D eigenvalue weighted by Gasteiger charge is -2.08. The minimum absolute atomic E-state index is 0.169. The molecule has 1 amide bonds. The zero-order chi connectivity index (χ0) is 18.6. The second-order valence-electron chi connectivity index (χ2n) is 5.27. The van der Waals surface area contributed by atoms with Gasteiger partial charge in [-0.05, 0) is 29.1 Å². The lowest BCUT2D eigenvalue weighted by molar-refractivity contribution is -0.176. The summed E-state index contributed by atoms with van der Waals surface area (Å²) in [6.45, 7) is -1.47. The summed E-state index contributed by atoms with van der Waals surface area (Å²) in [6, 6.07) is 10.1. The van der Waals surface area contributed by atoms with Crippen LogP contribution in [0.25, 0.3) is 10.6 Å². The predicted molar refractivity (Wildman–Crippen MR) is 95.5 cm³/mol. The molecule has 0 aliphatic rings. The number of aromatic nitrogens is 1. The van der Waals surface area contributed by atoms with E-state index in [2.05, 4.69) is 15.0 Å². The van der Waals surface area contributed by atoms with Crippen LogP contribution in [0.2, 0.25) is 0 Å². The van der Waals surface area contributed by atoms with Gasteiger partial charge in [-0.25, -0.2) is 4.98 Å². The van der Waals surface area contributed by atoms with E-state index in [-0.39, 0.29) is 12.5 Å². The molecule has 2 aromatic heterocycles. The number of hydrogen-bond acceptors (Lipinski definition) is 5. The Bertz CT molecular complexity index is 859. The fourth-order valence-electron chi connectivity index (χ4n) is 2.07. The number of hydrogen-bond donors (Lipinski definition) is 1. The number of nitrogens with one attached hydrogen (secondary N) is 1. The summed E-state index contributed by atoms with van der Waals surface area (Å²) in [6.07, 6.45) is -4.35. The van der Waals surface area contributed by atoms with Gasteiger partial charge in [0.05, 0.1) is 17.2 Å². The Labute approximate surface area is 155 Å². The third kappa shape index (κ3) is 5.13. The van der Waals surface area contributed by atoms with E-state index in [1.165, 1.54) is 23.5 Å². The summed E-state index contributed by atoms with van der Waals surface area (Å²) in [5, 5.41) is 7.01. The molecular formula is C17H13F3N2O2S2. The topological polar surface area (TPSA) is 51.2 Å². The van der Waals surface area contributed by atoms with Crippen molar-refractivity contribution in [1.29, 1.82) is 0 Å². The second kappa shape index (κ2) is 7.98. The van der Waals surface area contributed by atoms with Gasteiger partial charge in [0.2, 0.25) is 0 Å². The van der Waals surface area contributed by atoms with Crippen LogP contribution in [0.4, 0.5) is 18.3 Å². The highest BCUT2D eigenvalue weighted by Gasteiger charge is 2.27. The Kier molecular flexibility index (Phi) is 5.70. The fourth-order valence-corrected chi connectivity index (χ4v) is 3.54. The Hall–Kier alpha value is -2.23. The molecule has 0 radical (unpaired) electrons. The number of rotatable bonds is 6. The van der Waals surface area contributed by atoms with Gasteiger partial charge in [0.1, 0.15) is 6.61 Å². The standard InChI is InChI=1S/C17H13F3N2O2S2/c18-17(19,20)10-24-8-11-3-5-12(6-4-11)15(23)22-16-21-13(9-26-16)14-2-1-7-25-14/h1-7,9H,8,10H2,(H,21,22,23). The van der Waals surface area contributed by atoms with Gasteiger partial charge in [0.25, 0.3) is 5.91 Å². The molecule has 9 heteroatoms. The highest BCUT2D eigenvalue weighted by molar-refractivity contribution is 7.16. The third-order valence-electron chi connectivity index (χ3n) is 3.25. The van der Waals surface area contributed by atoms with E-state index in [9.17, 15) is 18.0 Å². The molecule has 26 heavy (non-hydrogen) atoms. The van der Waals surface area contributed by atoms with Crippen LogP contribution >= 0.6 is 22.7 Å². The molecule has 2 heterocycles. The first-order valence-electron chi connectivity index (χ1n) is 7.45. The average molecular weight is 398 g/mol. The molecule has 1 N–H and O–H groups in total. The molecule has 4 nitrogen and oxygen atoms in total. The monoisotopic (exact) mass is 398 g/mol. The number of carbonyl (C=O) groups excluding carboxylic acids is 1. The summed E-state index contributed by atoms with van der Waals surface area (Å²) in [4.78, 5) is 17.6. The van der Waals surface area contributed by atoms with E-state index < -0.39 is 12.8 Å². The lowest BCUT2D eigenvalue weighted by Crippen LogP contribution is -2.16. The Morgan fingerprint density at radius 3 is 2.58 bits per heavy atom. The van der Waals surface area contributed by atoms with E-state index in [1.807, 2.05) is 22.9 Å². The molecule has 136 valence electrons. The molecule has 0 bridgehead atoms. The number of ether oxygens (including phenoxy) is 1. The molecule has 3 aromatic rings. The van der Waals surface area contributed by atoms with Crippen molar-refractivity contribution in [2.45, 2.75) is 12.8 Å². The van der Waals surface area contributed by atoms with Crippen molar-refractivity contribution in [3.8, 4) is 10.6 Å². The fraction of sp³-hybridized carbons (Fsp3) is 0.176. The predicted octanol–water partition coefficient (Wildman–Crippen LogP) is 5.20. The van der Waals surface area contributed by atoms with Crippen molar-refractivity contribution >= 4 is 33.7 Å². The maximum Gasteiger partial charge on any atom is 0.411 e.